The van der Waals surface area contributed by atoms with Crippen molar-refractivity contribution in [2.75, 3.05) is 13.2 Å². The molecule has 5 fully saturated rings. The van der Waals surface area contributed by atoms with Crippen LogP contribution < -0.4 is 0 Å². The van der Waals surface area contributed by atoms with Crippen molar-refractivity contribution in [2.24, 2.45) is 17.3 Å². The smallest absolute Gasteiger partial charge is 0.171 e. The summed E-state index contributed by atoms with van der Waals surface area (Å²) >= 11 is 0. The van der Waals surface area contributed by atoms with Gasteiger partial charge in [0.15, 0.2) is 5.79 Å². The summed E-state index contributed by atoms with van der Waals surface area (Å²) in [6.07, 6.45) is 10.8. The van der Waals surface area contributed by atoms with Crippen molar-refractivity contribution in [2.45, 2.75) is 81.4 Å². The Morgan fingerprint density at radius 3 is 2.75 bits per heavy atom. The zero-order valence-electron chi connectivity index (χ0n) is 14.6. The summed E-state index contributed by atoms with van der Waals surface area (Å²) < 4.78 is 18.6. The molecule has 2 heterocycles. The van der Waals surface area contributed by atoms with Crippen LogP contribution in [-0.4, -0.2) is 41.4 Å². The highest BCUT2D eigenvalue weighted by Crippen LogP contribution is 2.73. The molecule has 4 heteroatoms. The second kappa shape index (κ2) is 4.28. The lowest BCUT2D eigenvalue weighted by Gasteiger charge is -2.49. The summed E-state index contributed by atoms with van der Waals surface area (Å²) in [4.78, 5) is 0. The first-order chi connectivity index (χ1) is 11.5. The van der Waals surface area contributed by atoms with E-state index < -0.39 is 0 Å². The molecule has 6 rings (SSSR count). The molecule has 6 atom stereocenters. The number of ether oxygens (including phenoxy) is 3. The number of hydrogen-bond acceptors (Lipinski definition) is 4. The van der Waals surface area contributed by atoms with Gasteiger partial charge < -0.3 is 19.3 Å². The fraction of sp³-hybridized carbons (Fsp3) is 0.900. The summed E-state index contributed by atoms with van der Waals surface area (Å²) in [5.41, 5.74) is 1.62. The van der Waals surface area contributed by atoms with Crippen molar-refractivity contribution in [3.05, 3.63) is 11.6 Å². The van der Waals surface area contributed by atoms with Crippen LogP contribution in [0.2, 0.25) is 0 Å². The minimum Gasteiger partial charge on any atom is -0.393 e. The third-order valence-corrected chi connectivity index (χ3v) is 8.62. The Bertz CT molecular complexity index is 623. The van der Waals surface area contributed by atoms with Crippen LogP contribution in [0, 0.1) is 17.3 Å². The number of aliphatic hydroxyl groups excluding tert-OH is 1. The third-order valence-electron chi connectivity index (χ3n) is 8.62. The fourth-order valence-corrected chi connectivity index (χ4v) is 7.31. The van der Waals surface area contributed by atoms with Crippen molar-refractivity contribution < 1.29 is 19.3 Å². The summed E-state index contributed by atoms with van der Waals surface area (Å²) in [6, 6.07) is 0. The Labute approximate surface area is 143 Å². The predicted octanol–water partition coefficient (Wildman–Crippen LogP) is 2.94. The molecule has 0 bridgehead atoms. The van der Waals surface area contributed by atoms with E-state index in [1.54, 1.807) is 5.57 Å². The number of aliphatic hydroxyl groups is 1. The van der Waals surface area contributed by atoms with E-state index in [2.05, 4.69) is 13.0 Å². The summed E-state index contributed by atoms with van der Waals surface area (Å²) in [5.74, 6) is 0.898. The Hall–Kier alpha value is -0.420. The molecule has 132 valence electrons. The first kappa shape index (κ1) is 14.7. The second-order valence-electron chi connectivity index (χ2n) is 9.42. The van der Waals surface area contributed by atoms with Crippen LogP contribution in [-0.2, 0) is 14.2 Å². The fourth-order valence-electron chi connectivity index (χ4n) is 7.31. The summed E-state index contributed by atoms with van der Waals surface area (Å²) in [6.45, 7) is 3.77. The number of hydrogen-bond donors (Lipinski definition) is 1. The number of allylic oxidation sites excluding steroid dienone is 1. The highest BCUT2D eigenvalue weighted by Gasteiger charge is 2.79. The quantitative estimate of drug-likeness (QED) is 0.547. The zero-order valence-corrected chi connectivity index (χ0v) is 14.6. The van der Waals surface area contributed by atoms with Crippen molar-refractivity contribution in [3.63, 3.8) is 0 Å². The Morgan fingerprint density at radius 2 is 1.92 bits per heavy atom. The summed E-state index contributed by atoms with van der Waals surface area (Å²) in [5, 5.41) is 10.5. The maximum absolute atomic E-state index is 10.5. The van der Waals surface area contributed by atoms with Crippen molar-refractivity contribution in [1.29, 1.82) is 0 Å². The number of epoxide rings is 1. The lowest BCUT2D eigenvalue weighted by molar-refractivity contribution is -0.185. The first-order valence-electron chi connectivity index (χ1n) is 9.89. The molecule has 0 radical (unpaired) electrons. The molecule has 24 heavy (non-hydrogen) atoms. The van der Waals surface area contributed by atoms with Gasteiger partial charge in [0.1, 0.15) is 11.2 Å². The Balaban J connectivity index is 1.36. The van der Waals surface area contributed by atoms with Crippen LogP contribution in [0.15, 0.2) is 11.6 Å². The van der Waals surface area contributed by atoms with E-state index in [1.807, 2.05) is 0 Å². The van der Waals surface area contributed by atoms with Gasteiger partial charge in [-0.2, -0.15) is 0 Å². The van der Waals surface area contributed by atoms with E-state index in [1.165, 1.54) is 12.8 Å². The monoisotopic (exact) mass is 332 g/mol. The highest BCUT2D eigenvalue weighted by atomic mass is 16.7. The van der Waals surface area contributed by atoms with Gasteiger partial charge in [0.2, 0.25) is 0 Å². The van der Waals surface area contributed by atoms with Crippen LogP contribution in [0.5, 0.6) is 0 Å². The van der Waals surface area contributed by atoms with Gasteiger partial charge in [-0.05, 0) is 55.9 Å². The van der Waals surface area contributed by atoms with E-state index in [-0.39, 0.29) is 28.5 Å². The van der Waals surface area contributed by atoms with Gasteiger partial charge in [0, 0.05) is 18.3 Å². The molecule has 3 unspecified atom stereocenters. The molecule has 4 aliphatic carbocycles. The average Bonchev–Trinajstić information content (AvgIpc) is 2.88. The van der Waals surface area contributed by atoms with Gasteiger partial charge in [-0.1, -0.05) is 13.0 Å². The largest absolute Gasteiger partial charge is 0.393 e. The van der Waals surface area contributed by atoms with Crippen LogP contribution in [0.4, 0.5) is 0 Å². The van der Waals surface area contributed by atoms with Crippen LogP contribution in [0.1, 0.15) is 58.3 Å². The topological polar surface area (TPSA) is 51.2 Å². The molecule has 2 saturated heterocycles. The van der Waals surface area contributed by atoms with Crippen LogP contribution >= 0.6 is 0 Å². The molecule has 1 N–H and O–H groups in total. The predicted molar refractivity (Wildman–Crippen MR) is 87.3 cm³/mol. The SMILES string of the molecule is C[C@]12CC=C3[C@@H](CCC45CC6(CCC34O5)OCCO6)[C@@H]1CCC2O. The van der Waals surface area contributed by atoms with Gasteiger partial charge >= 0.3 is 0 Å². The van der Waals surface area contributed by atoms with Gasteiger partial charge in [-0.15, -0.1) is 0 Å². The minimum absolute atomic E-state index is 0.0225. The highest BCUT2D eigenvalue weighted by molar-refractivity contribution is 5.43. The normalized spacial score (nSPS) is 56.9. The average molecular weight is 332 g/mol. The molecule has 6 aliphatic rings. The van der Waals surface area contributed by atoms with Crippen molar-refractivity contribution in [1.82, 2.24) is 0 Å². The van der Waals surface area contributed by atoms with E-state index in [0.29, 0.717) is 11.8 Å². The Kier molecular flexibility index (Phi) is 2.62. The molecule has 0 aromatic heterocycles. The van der Waals surface area contributed by atoms with Crippen LogP contribution in [0.3, 0.4) is 0 Å². The maximum Gasteiger partial charge on any atom is 0.171 e. The lowest BCUT2D eigenvalue weighted by Crippen LogP contribution is -2.52. The van der Waals surface area contributed by atoms with E-state index in [4.69, 9.17) is 14.2 Å². The van der Waals surface area contributed by atoms with Gasteiger partial charge in [0.05, 0.1) is 19.3 Å². The van der Waals surface area contributed by atoms with E-state index >= 15 is 0 Å². The molecule has 0 aromatic carbocycles. The number of fused-ring (bicyclic) bond motifs is 3. The van der Waals surface area contributed by atoms with Gasteiger partial charge in [-0.25, -0.2) is 0 Å². The van der Waals surface area contributed by atoms with Crippen molar-refractivity contribution in [3.8, 4) is 0 Å². The van der Waals surface area contributed by atoms with E-state index in [0.717, 1.165) is 51.7 Å². The van der Waals surface area contributed by atoms with E-state index in [9.17, 15) is 5.11 Å². The molecule has 0 aromatic rings. The zero-order chi connectivity index (χ0) is 16.2. The minimum atomic E-state index is -0.361. The maximum atomic E-state index is 10.5. The molecule has 4 nitrogen and oxygen atoms in total. The second-order valence-corrected chi connectivity index (χ2v) is 9.42. The number of rotatable bonds is 0. The standard InChI is InChI=1S/C20H28O4/c1-17-6-5-15-13(14(17)2-3-16(17)21)4-7-18-12-19(22-10-11-23-19)8-9-20(15,18)24-18/h5,13-14,16,21H,2-4,6-12H2,1H3/t13-,14-,16?,17-,18?,20?/m0/s1. The van der Waals surface area contributed by atoms with Crippen LogP contribution in [0.25, 0.3) is 0 Å². The third kappa shape index (κ3) is 1.52. The molecular weight excluding hydrogens is 304 g/mol. The molecule has 1 spiro atoms. The van der Waals surface area contributed by atoms with Gasteiger partial charge in [0.25, 0.3) is 0 Å². The first-order valence-corrected chi connectivity index (χ1v) is 9.89. The molecule has 2 aliphatic heterocycles. The Morgan fingerprint density at radius 1 is 1.08 bits per heavy atom. The molecular formula is C20H28O4. The molecule has 0 amide bonds. The summed E-state index contributed by atoms with van der Waals surface area (Å²) in [7, 11) is 0. The lowest BCUT2D eigenvalue weighted by atomic mass is 9.54. The van der Waals surface area contributed by atoms with Crippen molar-refractivity contribution >= 4 is 0 Å². The van der Waals surface area contributed by atoms with Gasteiger partial charge in [-0.3, -0.25) is 0 Å². The molecule has 3 saturated carbocycles.